The highest BCUT2D eigenvalue weighted by Gasteiger charge is 2.31. The number of nitrogens with one attached hydrogen (secondary N) is 2. The number of hydrogen-bond acceptors (Lipinski definition) is 10. The van der Waals surface area contributed by atoms with Crippen LogP contribution in [-0.4, -0.2) is 71.8 Å². The van der Waals surface area contributed by atoms with Gasteiger partial charge in [0.2, 0.25) is 5.91 Å². The van der Waals surface area contributed by atoms with Gasteiger partial charge in [0, 0.05) is 31.1 Å². The van der Waals surface area contributed by atoms with Crippen molar-refractivity contribution >= 4 is 41.5 Å². The van der Waals surface area contributed by atoms with Gasteiger partial charge in [-0.1, -0.05) is 30.3 Å². The summed E-state index contributed by atoms with van der Waals surface area (Å²) in [6, 6.07) is 12.9. The third-order valence-electron chi connectivity index (χ3n) is 6.74. The third-order valence-corrected chi connectivity index (χ3v) is 6.74. The van der Waals surface area contributed by atoms with Crippen molar-refractivity contribution < 1.29 is 47.7 Å². The topological polar surface area (TPSA) is 167 Å². The van der Waals surface area contributed by atoms with Gasteiger partial charge in [-0.15, -0.1) is 0 Å². The van der Waals surface area contributed by atoms with Crippen LogP contribution in [0.25, 0.3) is 0 Å². The van der Waals surface area contributed by atoms with Gasteiger partial charge in [-0.3, -0.25) is 19.3 Å². The number of carbonyl (C=O) groups excluding carboxylic acids is 6. The molecule has 0 heterocycles. The Morgan fingerprint density at radius 1 is 0.647 bits per heavy atom. The molecule has 3 amide bonds. The van der Waals surface area contributed by atoms with E-state index < -0.39 is 64.7 Å². The van der Waals surface area contributed by atoms with Crippen LogP contribution in [0.3, 0.4) is 0 Å². The van der Waals surface area contributed by atoms with Gasteiger partial charge in [0.1, 0.15) is 35.5 Å². The summed E-state index contributed by atoms with van der Waals surface area (Å²) in [5.41, 5.74) is -0.960. The molecule has 0 spiro atoms. The van der Waals surface area contributed by atoms with E-state index in [4.69, 9.17) is 18.9 Å². The van der Waals surface area contributed by atoms with Gasteiger partial charge in [-0.2, -0.15) is 0 Å². The minimum atomic E-state index is -1.22. The molecular formula is C38H53N3O10. The molecule has 2 aromatic carbocycles. The molecule has 0 aliphatic carbocycles. The molecular weight excluding hydrogens is 658 g/mol. The summed E-state index contributed by atoms with van der Waals surface area (Å²) in [4.78, 5) is 78.7. The summed E-state index contributed by atoms with van der Waals surface area (Å²) in [7, 11) is 1.54. The van der Waals surface area contributed by atoms with Gasteiger partial charge in [0.05, 0.1) is 0 Å². The molecule has 0 saturated carbocycles. The second-order valence-corrected chi connectivity index (χ2v) is 15.0. The molecule has 0 radical (unpaired) electrons. The van der Waals surface area contributed by atoms with Gasteiger partial charge in [0.15, 0.2) is 0 Å². The SMILES string of the molecule is CN(C(=O)OCc1ccccc1)c1ccc(C(=O)N[C@@H](CCC(=O)N[C@@H](CCC(=O)OC(C)(C)C)C(=O)OC(C)(C)C)C(=O)OC(C)(C)C)cc1. The number of carbonyl (C=O) groups is 6. The number of anilines is 1. The number of hydrogen-bond donors (Lipinski definition) is 2. The number of amides is 3. The Morgan fingerprint density at radius 2 is 1.14 bits per heavy atom. The lowest BCUT2D eigenvalue weighted by Crippen LogP contribution is -2.47. The molecule has 0 bridgehead atoms. The predicted molar refractivity (Wildman–Crippen MR) is 191 cm³/mol. The van der Waals surface area contributed by atoms with Crippen molar-refractivity contribution in [3.05, 3.63) is 65.7 Å². The number of ether oxygens (including phenoxy) is 4. The summed E-state index contributed by atoms with van der Waals surface area (Å²) in [6.07, 6.45) is -1.24. The number of nitrogens with zero attached hydrogens (tertiary/aromatic N) is 1. The van der Waals surface area contributed by atoms with Gasteiger partial charge in [-0.05, 0) is 105 Å². The van der Waals surface area contributed by atoms with E-state index in [0.717, 1.165) is 5.56 Å². The van der Waals surface area contributed by atoms with Gasteiger partial charge < -0.3 is 29.6 Å². The standard InChI is InChI=1S/C38H53N3O10/c1-36(2,3)49-31(43)23-21-28(33(45)50-37(4,5)6)39-30(42)22-20-29(34(46)51-38(7,8)9)40-32(44)26-16-18-27(19-17-26)41(10)35(47)48-24-25-14-12-11-13-15-25/h11-19,28-29H,20-24H2,1-10H3,(H,39,42)(H,40,44)/t28-,29-/m0/s1. The van der Waals surface area contributed by atoms with E-state index in [9.17, 15) is 28.8 Å². The van der Waals surface area contributed by atoms with Crippen LogP contribution in [-0.2, 0) is 44.7 Å². The minimum Gasteiger partial charge on any atom is -0.460 e. The molecule has 13 heteroatoms. The molecule has 0 unspecified atom stereocenters. The first kappa shape index (κ1) is 42.2. The van der Waals surface area contributed by atoms with E-state index in [-0.39, 0.29) is 37.9 Å². The highest BCUT2D eigenvalue weighted by atomic mass is 16.6. The fourth-order valence-corrected chi connectivity index (χ4v) is 4.44. The summed E-state index contributed by atoms with van der Waals surface area (Å²) in [5.74, 6) is -3.24. The molecule has 0 aromatic heterocycles. The van der Waals surface area contributed by atoms with Crippen LogP contribution in [0.4, 0.5) is 10.5 Å². The maximum Gasteiger partial charge on any atom is 0.414 e. The van der Waals surface area contributed by atoms with Gasteiger partial charge in [0.25, 0.3) is 5.91 Å². The molecule has 2 atom stereocenters. The van der Waals surface area contributed by atoms with Crippen molar-refractivity contribution in [3.8, 4) is 0 Å². The van der Waals surface area contributed by atoms with Crippen molar-refractivity contribution in [3.63, 3.8) is 0 Å². The van der Waals surface area contributed by atoms with Crippen LogP contribution in [0.2, 0.25) is 0 Å². The Hall–Kier alpha value is -4.94. The summed E-state index contributed by atoms with van der Waals surface area (Å²) >= 11 is 0. The Kier molecular flexibility index (Phi) is 15.2. The molecule has 2 N–H and O–H groups in total. The van der Waals surface area contributed by atoms with E-state index >= 15 is 0 Å². The first-order chi connectivity index (χ1) is 23.5. The summed E-state index contributed by atoms with van der Waals surface area (Å²) in [5, 5.41) is 5.24. The molecule has 51 heavy (non-hydrogen) atoms. The van der Waals surface area contributed by atoms with Crippen LogP contribution in [0.1, 0.15) is 104 Å². The molecule has 0 saturated heterocycles. The maximum absolute atomic E-state index is 13.3. The van der Waals surface area contributed by atoms with Crippen molar-refractivity contribution in [1.82, 2.24) is 10.6 Å². The van der Waals surface area contributed by atoms with E-state index in [1.807, 2.05) is 30.3 Å². The Balaban J connectivity index is 2.11. The lowest BCUT2D eigenvalue weighted by Gasteiger charge is -2.26. The third kappa shape index (κ3) is 16.5. The molecule has 2 rings (SSSR count). The van der Waals surface area contributed by atoms with Crippen LogP contribution in [0.5, 0.6) is 0 Å². The lowest BCUT2D eigenvalue weighted by atomic mass is 10.1. The summed E-state index contributed by atoms with van der Waals surface area (Å²) in [6.45, 7) is 15.3. The van der Waals surface area contributed by atoms with Crippen LogP contribution >= 0.6 is 0 Å². The lowest BCUT2D eigenvalue weighted by molar-refractivity contribution is -0.161. The molecule has 13 nitrogen and oxygen atoms in total. The Morgan fingerprint density at radius 3 is 1.65 bits per heavy atom. The van der Waals surface area contributed by atoms with Crippen molar-refractivity contribution in [2.45, 2.75) is 123 Å². The summed E-state index contributed by atoms with van der Waals surface area (Å²) < 4.78 is 21.7. The molecule has 0 aliphatic heterocycles. The highest BCUT2D eigenvalue weighted by Crippen LogP contribution is 2.18. The Bertz CT molecular complexity index is 1500. The second kappa shape index (κ2) is 18.3. The normalized spacial score (nSPS) is 12.8. The Labute approximate surface area is 300 Å². The van der Waals surface area contributed by atoms with Crippen LogP contribution in [0.15, 0.2) is 54.6 Å². The van der Waals surface area contributed by atoms with E-state index in [1.54, 1.807) is 74.4 Å². The highest BCUT2D eigenvalue weighted by molar-refractivity contribution is 5.98. The van der Waals surface area contributed by atoms with Crippen LogP contribution in [0, 0.1) is 0 Å². The number of esters is 3. The fourth-order valence-electron chi connectivity index (χ4n) is 4.44. The first-order valence-electron chi connectivity index (χ1n) is 16.9. The number of rotatable bonds is 14. The van der Waals surface area contributed by atoms with Crippen molar-refractivity contribution in [2.24, 2.45) is 0 Å². The van der Waals surface area contributed by atoms with Crippen LogP contribution < -0.4 is 15.5 Å². The average molecular weight is 712 g/mol. The second-order valence-electron chi connectivity index (χ2n) is 15.0. The van der Waals surface area contributed by atoms with Gasteiger partial charge in [-0.25, -0.2) is 14.4 Å². The van der Waals surface area contributed by atoms with E-state index in [2.05, 4.69) is 10.6 Å². The van der Waals surface area contributed by atoms with Crippen molar-refractivity contribution in [2.75, 3.05) is 11.9 Å². The van der Waals surface area contributed by atoms with E-state index in [1.165, 1.54) is 24.1 Å². The molecule has 0 fully saturated rings. The minimum absolute atomic E-state index is 0.0717. The largest absolute Gasteiger partial charge is 0.460 e. The van der Waals surface area contributed by atoms with Crippen molar-refractivity contribution in [1.29, 1.82) is 0 Å². The smallest absolute Gasteiger partial charge is 0.414 e. The maximum atomic E-state index is 13.3. The molecule has 0 aliphatic rings. The quantitative estimate of drug-likeness (QED) is 0.185. The molecule has 280 valence electrons. The first-order valence-corrected chi connectivity index (χ1v) is 16.9. The van der Waals surface area contributed by atoms with E-state index in [0.29, 0.717) is 5.69 Å². The average Bonchev–Trinajstić information content (AvgIpc) is 3.01. The fraction of sp³-hybridized carbons (Fsp3) is 0.526. The predicted octanol–water partition coefficient (Wildman–Crippen LogP) is 5.63. The monoisotopic (exact) mass is 711 g/mol. The molecule has 2 aromatic rings. The zero-order chi connectivity index (χ0) is 38.6. The van der Waals surface area contributed by atoms with Gasteiger partial charge >= 0.3 is 24.0 Å². The zero-order valence-corrected chi connectivity index (χ0v) is 31.4. The number of benzene rings is 2. The zero-order valence-electron chi connectivity index (χ0n) is 31.4.